The van der Waals surface area contributed by atoms with E-state index in [0.717, 1.165) is 35.0 Å². The second-order valence-electron chi connectivity index (χ2n) is 4.10. The lowest BCUT2D eigenvalue weighted by Gasteiger charge is -2.14. The summed E-state index contributed by atoms with van der Waals surface area (Å²) in [6.07, 6.45) is 2.77. The van der Waals surface area contributed by atoms with Crippen molar-refractivity contribution >= 4 is 15.9 Å². The van der Waals surface area contributed by atoms with E-state index >= 15 is 0 Å². The van der Waals surface area contributed by atoms with Gasteiger partial charge in [-0.3, -0.25) is 0 Å². The summed E-state index contributed by atoms with van der Waals surface area (Å²) < 4.78 is 6.73. The van der Waals surface area contributed by atoms with Crippen LogP contribution >= 0.6 is 15.9 Å². The molecule has 1 rings (SSSR count). The molecule has 0 fully saturated rings. The van der Waals surface area contributed by atoms with E-state index in [-0.39, 0.29) is 12.6 Å². The van der Waals surface area contributed by atoms with E-state index in [1.807, 2.05) is 25.1 Å². The molecule has 3 nitrogen and oxygen atoms in total. The number of unbranched alkanes of at least 4 members (excludes halogenated alkanes) is 2. The second kappa shape index (κ2) is 7.69. The summed E-state index contributed by atoms with van der Waals surface area (Å²) in [7, 11) is 0. The molecule has 1 atom stereocenters. The first-order valence-electron chi connectivity index (χ1n) is 5.94. The van der Waals surface area contributed by atoms with Crippen LogP contribution in [0.3, 0.4) is 0 Å². The molecule has 0 radical (unpaired) electrons. The number of aliphatic hydroxyl groups excluding tert-OH is 1. The molecule has 1 aromatic carbocycles. The molecule has 0 aliphatic rings. The first-order chi connectivity index (χ1) is 8.15. The van der Waals surface area contributed by atoms with E-state index in [2.05, 4.69) is 15.9 Å². The third-order valence-electron chi connectivity index (χ3n) is 2.53. The molecule has 0 saturated carbocycles. The van der Waals surface area contributed by atoms with Crippen LogP contribution in [-0.4, -0.2) is 18.3 Å². The summed E-state index contributed by atoms with van der Waals surface area (Å²) in [5, 5.41) is 8.67. The van der Waals surface area contributed by atoms with Crippen LogP contribution < -0.4 is 10.5 Å². The number of ether oxygens (including phenoxy) is 1. The summed E-state index contributed by atoms with van der Waals surface area (Å²) in [5.74, 6) is 0.846. The summed E-state index contributed by atoms with van der Waals surface area (Å²) in [4.78, 5) is 0. The van der Waals surface area contributed by atoms with Crippen molar-refractivity contribution in [1.29, 1.82) is 0 Å². The van der Waals surface area contributed by atoms with Gasteiger partial charge in [-0.15, -0.1) is 0 Å². The van der Waals surface area contributed by atoms with E-state index in [9.17, 15) is 0 Å². The fourth-order valence-corrected chi connectivity index (χ4v) is 1.92. The van der Waals surface area contributed by atoms with Gasteiger partial charge in [-0.1, -0.05) is 22.0 Å². The van der Waals surface area contributed by atoms with Crippen LogP contribution in [0.4, 0.5) is 0 Å². The fourth-order valence-electron chi connectivity index (χ4n) is 1.58. The van der Waals surface area contributed by atoms with Gasteiger partial charge in [0.05, 0.1) is 6.61 Å². The predicted molar refractivity (Wildman–Crippen MR) is 73.2 cm³/mol. The average Bonchev–Trinajstić information content (AvgIpc) is 2.28. The molecule has 96 valence electrons. The Morgan fingerprint density at radius 1 is 1.35 bits per heavy atom. The van der Waals surface area contributed by atoms with Crippen LogP contribution in [0.5, 0.6) is 5.75 Å². The first kappa shape index (κ1) is 14.5. The van der Waals surface area contributed by atoms with Crippen molar-refractivity contribution in [3.05, 3.63) is 28.2 Å². The van der Waals surface area contributed by atoms with Crippen LogP contribution in [0.2, 0.25) is 0 Å². The Kier molecular flexibility index (Phi) is 6.55. The van der Waals surface area contributed by atoms with Crippen LogP contribution in [0.25, 0.3) is 0 Å². The first-order valence-corrected chi connectivity index (χ1v) is 6.73. The maximum atomic E-state index is 8.67. The topological polar surface area (TPSA) is 55.5 Å². The highest BCUT2D eigenvalue weighted by Gasteiger charge is 2.08. The van der Waals surface area contributed by atoms with Gasteiger partial charge in [-0.05, 0) is 38.3 Å². The summed E-state index contributed by atoms with van der Waals surface area (Å²) >= 11 is 3.43. The standard InChI is InChI=1S/C13H20BrNO2/c1-10(15)12-6-5-11(14)9-13(12)17-8-4-2-3-7-16/h5-6,9-10,16H,2-4,7-8,15H2,1H3/t10-/m1/s1. The molecule has 17 heavy (non-hydrogen) atoms. The number of nitrogens with two attached hydrogens (primary N) is 1. The average molecular weight is 302 g/mol. The van der Waals surface area contributed by atoms with Crippen molar-refractivity contribution in [2.75, 3.05) is 13.2 Å². The Labute approximate surface area is 111 Å². The molecular weight excluding hydrogens is 282 g/mol. The lowest BCUT2D eigenvalue weighted by atomic mass is 10.1. The Bertz CT molecular complexity index is 342. The van der Waals surface area contributed by atoms with Crippen molar-refractivity contribution in [1.82, 2.24) is 0 Å². The van der Waals surface area contributed by atoms with E-state index in [4.69, 9.17) is 15.6 Å². The maximum Gasteiger partial charge on any atom is 0.125 e. The minimum absolute atomic E-state index is 0.0319. The van der Waals surface area contributed by atoms with Gasteiger partial charge in [-0.2, -0.15) is 0 Å². The Balaban J connectivity index is 2.53. The third-order valence-corrected chi connectivity index (χ3v) is 3.02. The van der Waals surface area contributed by atoms with Crippen LogP contribution in [0.15, 0.2) is 22.7 Å². The molecule has 0 bridgehead atoms. The monoisotopic (exact) mass is 301 g/mol. The maximum absolute atomic E-state index is 8.67. The van der Waals surface area contributed by atoms with Gasteiger partial charge in [0.2, 0.25) is 0 Å². The van der Waals surface area contributed by atoms with E-state index < -0.39 is 0 Å². The zero-order valence-electron chi connectivity index (χ0n) is 10.2. The van der Waals surface area contributed by atoms with Gasteiger partial charge >= 0.3 is 0 Å². The zero-order chi connectivity index (χ0) is 12.7. The molecule has 0 spiro atoms. The fraction of sp³-hybridized carbons (Fsp3) is 0.538. The Hall–Kier alpha value is -0.580. The molecule has 0 aliphatic carbocycles. The number of rotatable bonds is 7. The lowest BCUT2D eigenvalue weighted by Crippen LogP contribution is -2.08. The smallest absolute Gasteiger partial charge is 0.125 e. The molecule has 0 saturated heterocycles. The van der Waals surface area contributed by atoms with Crippen molar-refractivity contribution in [2.45, 2.75) is 32.2 Å². The van der Waals surface area contributed by atoms with Crippen molar-refractivity contribution in [3.8, 4) is 5.75 Å². The van der Waals surface area contributed by atoms with Gasteiger partial charge < -0.3 is 15.6 Å². The number of aliphatic hydroxyl groups is 1. The van der Waals surface area contributed by atoms with E-state index in [1.165, 1.54) is 0 Å². The van der Waals surface area contributed by atoms with E-state index in [1.54, 1.807) is 0 Å². The molecule has 0 aromatic heterocycles. The number of hydrogen-bond donors (Lipinski definition) is 2. The largest absolute Gasteiger partial charge is 0.493 e. The van der Waals surface area contributed by atoms with Crippen LogP contribution in [0, 0.1) is 0 Å². The van der Waals surface area contributed by atoms with Crippen molar-refractivity contribution in [3.63, 3.8) is 0 Å². The van der Waals surface area contributed by atoms with E-state index in [0.29, 0.717) is 6.61 Å². The van der Waals surface area contributed by atoms with Gasteiger partial charge in [0.1, 0.15) is 5.75 Å². The lowest BCUT2D eigenvalue weighted by molar-refractivity contribution is 0.265. The molecule has 4 heteroatoms. The highest BCUT2D eigenvalue weighted by Crippen LogP contribution is 2.27. The van der Waals surface area contributed by atoms with Gasteiger partial charge in [0.15, 0.2) is 0 Å². The molecular formula is C13H20BrNO2. The minimum atomic E-state index is -0.0319. The molecule has 0 amide bonds. The number of halogens is 1. The third kappa shape index (κ3) is 5.06. The summed E-state index contributed by atoms with van der Waals surface area (Å²) in [5.41, 5.74) is 6.91. The minimum Gasteiger partial charge on any atom is -0.493 e. The number of benzene rings is 1. The predicted octanol–water partition coefficient (Wildman–Crippen LogP) is 3.01. The van der Waals surface area contributed by atoms with Crippen LogP contribution in [-0.2, 0) is 0 Å². The quantitative estimate of drug-likeness (QED) is 0.761. The van der Waals surface area contributed by atoms with Gasteiger partial charge in [0.25, 0.3) is 0 Å². The van der Waals surface area contributed by atoms with Gasteiger partial charge in [0, 0.05) is 22.7 Å². The van der Waals surface area contributed by atoms with Crippen molar-refractivity contribution < 1.29 is 9.84 Å². The highest BCUT2D eigenvalue weighted by atomic mass is 79.9. The van der Waals surface area contributed by atoms with Gasteiger partial charge in [-0.25, -0.2) is 0 Å². The number of hydrogen-bond acceptors (Lipinski definition) is 3. The normalized spacial score (nSPS) is 12.5. The Morgan fingerprint density at radius 3 is 2.76 bits per heavy atom. The molecule has 0 heterocycles. The molecule has 0 unspecified atom stereocenters. The van der Waals surface area contributed by atoms with Crippen LogP contribution in [0.1, 0.15) is 37.8 Å². The molecule has 1 aromatic rings. The Morgan fingerprint density at radius 2 is 2.12 bits per heavy atom. The molecule has 3 N–H and O–H groups in total. The molecule has 0 aliphatic heterocycles. The second-order valence-corrected chi connectivity index (χ2v) is 5.02. The summed E-state index contributed by atoms with van der Waals surface area (Å²) in [6, 6.07) is 5.87. The van der Waals surface area contributed by atoms with Crippen molar-refractivity contribution in [2.24, 2.45) is 5.73 Å². The SMILES string of the molecule is C[C@@H](N)c1ccc(Br)cc1OCCCCCO. The highest BCUT2D eigenvalue weighted by molar-refractivity contribution is 9.10. The summed E-state index contributed by atoms with van der Waals surface area (Å²) in [6.45, 7) is 2.86. The zero-order valence-corrected chi connectivity index (χ0v) is 11.7.